The molecule has 0 radical (unpaired) electrons. The van der Waals surface area contributed by atoms with Crippen LogP contribution in [0.15, 0.2) is 9.59 Å². The molecular weight excluding hydrogens is 196 g/mol. The Morgan fingerprint density at radius 1 is 1.47 bits per heavy atom. The third-order valence-electron chi connectivity index (χ3n) is 1.88. The van der Waals surface area contributed by atoms with Crippen molar-refractivity contribution in [2.45, 2.75) is 6.42 Å². The first kappa shape index (κ1) is 11.0. The highest BCUT2D eigenvalue weighted by atomic mass is 16.2. The molecule has 0 unspecified atom stereocenters. The predicted octanol–water partition coefficient (Wildman–Crippen LogP) is -1.09. The molecule has 6 nitrogen and oxygen atoms in total. The number of hydrogen-bond donors (Lipinski definition) is 1. The Bertz CT molecular complexity index is 506. The number of terminal acetylenes is 1. The van der Waals surface area contributed by atoms with Crippen LogP contribution in [0.4, 0.5) is 5.82 Å². The van der Waals surface area contributed by atoms with E-state index in [1.165, 1.54) is 14.1 Å². The number of aryl methyl sites for hydroxylation is 1. The highest BCUT2D eigenvalue weighted by molar-refractivity contribution is 5.29. The second-order valence-corrected chi connectivity index (χ2v) is 3.00. The zero-order chi connectivity index (χ0) is 11.4. The summed E-state index contributed by atoms with van der Waals surface area (Å²) in [6.07, 6.45) is 5.56. The molecule has 0 aliphatic carbocycles. The molecule has 0 aliphatic rings. The van der Waals surface area contributed by atoms with E-state index in [9.17, 15) is 9.59 Å². The summed E-state index contributed by atoms with van der Waals surface area (Å²) in [6, 6.07) is 0. The molecule has 0 aromatic carbocycles. The summed E-state index contributed by atoms with van der Waals surface area (Å²) >= 11 is 0. The third kappa shape index (κ3) is 2.26. The standard InChI is InChI=1S/C9H12N4O2/c1-4-5-6-10-7-8(14)12(2)9(15)13(3)11-7/h1H,5-6H2,2-3H3,(H,10,11). The van der Waals surface area contributed by atoms with Gasteiger partial charge in [0.15, 0.2) is 0 Å². The minimum atomic E-state index is -0.456. The summed E-state index contributed by atoms with van der Waals surface area (Å²) in [6.45, 7) is 0.455. The number of nitrogens with one attached hydrogen (secondary N) is 1. The van der Waals surface area contributed by atoms with Crippen LogP contribution in [0.2, 0.25) is 0 Å². The molecule has 1 heterocycles. The lowest BCUT2D eigenvalue weighted by Gasteiger charge is -2.06. The molecule has 0 atom stereocenters. The van der Waals surface area contributed by atoms with Gasteiger partial charge in [-0.25, -0.2) is 9.48 Å². The van der Waals surface area contributed by atoms with Gasteiger partial charge in [-0.15, -0.1) is 17.4 Å². The smallest absolute Gasteiger partial charge is 0.346 e. The van der Waals surface area contributed by atoms with Crippen LogP contribution in [0, 0.1) is 12.3 Å². The predicted molar refractivity (Wildman–Crippen MR) is 56.7 cm³/mol. The van der Waals surface area contributed by atoms with E-state index in [4.69, 9.17) is 6.42 Å². The molecule has 0 spiro atoms. The van der Waals surface area contributed by atoms with Gasteiger partial charge in [-0.05, 0) is 0 Å². The number of anilines is 1. The maximum atomic E-state index is 11.5. The van der Waals surface area contributed by atoms with Crippen LogP contribution in [0.5, 0.6) is 0 Å². The highest BCUT2D eigenvalue weighted by Gasteiger charge is 2.06. The molecule has 0 aliphatic heterocycles. The minimum Gasteiger partial charge on any atom is -0.363 e. The maximum absolute atomic E-state index is 11.5. The first-order valence-electron chi connectivity index (χ1n) is 4.39. The highest BCUT2D eigenvalue weighted by Crippen LogP contribution is 1.88. The fourth-order valence-corrected chi connectivity index (χ4v) is 1.06. The van der Waals surface area contributed by atoms with Gasteiger partial charge in [-0.3, -0.25) is 9.36 Å². The molecule has 1 rings (SSSR count). The van der Waals surface area contributed by atoms with Crippen molar-refractivity contribution in [3.63, 3.8) is 0 Å². The van der Waals surface area contributed by atoms with E-state index >= 15 is 0 Å². The number of rotatable bonds is 3. The van der Waals surface area contributed by atoms with E-state index in [-0.39, 0.29) is 5.82 Å². The summed E-state index contributed by atoms with van der Waals surface area (Å²) < 4.78 is 2.09. The van der Waals surface area contributed by atoms with E-state index in [1.54, 1.807) is 0 Å². The van der Waals surface area contributed by atoms with Gasteiger partial charge in [0.25, 0.3) is 5.56 Å². The number of hydrogen-bond acceptors (Lipinski definition) is 4. The Hall–Kier alpha value is -2.03. The quantitative estimate of drug-likeness (QED) is 0.506. The molecular formula is C9H12N4O2. The normalized spacial score (nSPS) is 9.67. The van der Waals surface area contributed by atoms with Gasteiger partial charge in [-0.2, -0.15) is 0 Å². The van der Waals surface area contributed by atoms with Gasteiger partial charge in [0.2, 0.25) is 5.82 Å². The zero-order valence-electron chi connectivity index (χ0n) is 8.65. The fraction of sp³-hybridized carbons (Fsp3) is 0.444. The lowest BCUT2D eigenvalue weighted by molar-refractivity contribution is 0.604. The van der Waals surface area contributed by atoms with Gasteiger partial charge >= 0.3 is 5.69 Å². The van der Waals surface area contributed by atoms with Crippen LogP contribution >= 0.6 is 0 Å². The molecule has 6 heteroatoms. The minimum absolute atomic E-state index is 0.134. The Morgan fingerprint density at radius 2 is 2.13 bits per heavy atom. The average molecular weight is 208 g/mol. The van der Waals surface area contributed by atoms with Crippen molar-refractivity contribution in [3.8, 4) is 12.3 Å². The Morgan fingerprint density at radius 3 is 2.73 bits per heavy atom. The van der Waals surface area contributed by atoms with Crippen molar-refractivity contribution < 1.29 is 0 Å². The van der Waals surface area contributed by atoms with E-state index < -0.39 is 11.2 Å². The SMILES string of the molecule is C#CCCNc1nn(C)c(=O)n(C)c1=O. The van der Waals surface area contributed by atoms with Crippen LogP contribution in [-0.4, -0.2) is 20.9 Å². The molecule has 15 heavy (non-hydrogen) atoms. The molecule has 0 amide bonds. The van der Waals surface area contributed by atoms with Crippen molar-refractivity contribution in [1.82, 2.24) is 14.3 Å². The van der Waals surface area contributed by atoms with E-state index in [0.717, 1.165) is 9.25 Å². The van der Waals surface area contributed by atoms with Crippen molar-refractivity contribution >= 4 is 5.82 Å². The first-order chi connectivity index (χ1) is 7.07. The summed E-state index contributed by atoms with van der Waals surface area (Å²) in [7, 11) is 2.88. The second-order valence-electron chi connectivity index (χ2n) is 3.00. The summed E-state index contributed by atoms with van der Waals surface area (Å²) in [5, 5.41) is 6.57. The van der Waals surface area contributed by atoms with E-state index in [2.05, 4.69) is 16.3 Å². The monoisotopic (exact) mass is 208 g/mol. The van der Waals surface area contributed by atoms with E-state index in [0.29, 0.717) is 13.0 Å². The Kier molecular flexibility index (Phi) is 3.29. The molecule has 0 saturated heterocycles. The van der Waals surface area contributed by atoms with Crippen LogP contribution in [0.3, 0.4) is 0 Å². The van der Waals surface area contributed by atoms with Gasteiger partial charge in [0, 0.05) is 27.1 Å². The van der Waals surface area contributed by atoms with Crippen LogP contribution in [0.1, 0.15) is 6.42 Å². The summed E-state index contributed by atoms with van der Waals surface area (Å²) in [5.41, 5.74) is -0.905. The lowest BCUT2D eigenvalue weighted by atomic mass is 10.4. The fourth-order valence-electron chi connectivity index (χ4n) is 1.06. The van der Waals surface area contributed by atoms with Crippen molar-refractivity contribution in [1.29, 1.82) is 0 Å². The molecule has 0 fully saturated rings. The number of nitrogens with zero attached hydrogens (tertiary/aromatic N) is 3. The Labute approximate surface area is 86.5 Å². The molecule has 0 saturated carbocycles. The summed E-state index contributed by atoms with van der Waals surface area (Å²) in [5.74, 6) is 2.56. The van der Waals surface area contributed by atoms with Gasteiger partial charge < -0.3 is 5.32 Å². The average Bonchev–Trinajstić information content (AvgIpc) is 2.23. The molecule has 0 bridgehead atoms. The Balaban J connectivity index is 3.06. The maximum Gasteiger partial charge on any atom is 0.346 e. The second kappa shape index (κ2) is 4.46. The van der Waals surface area contributed by atoms with Crippen LogP contribution in [-0.2, 0) is 14.1 Å². The van der Waals surface area contributed by atoms with Gasteiger partial charge in [0.05, 0.1) is 0 Å². The van der Waals surface area contributed by atoms with Crippen LogP contribution in [0.25, 0.3) is 0 Å². The molecule has 1 aromatic heterocycles. The zero-order valence-corrected chi connectivity index (χ0v) is 8.65. The third-order valence-corrected chi connectivity index (χ3v) is 1.88. The topological polar surface area (TPSA) is 68.9 Å². The molecule has 80 valence electrons. The van der Waals surface area contributed by atoms with Crippen molar-refractivity contribution in [2.24, 2.45) is 14.1 Å². The van der Waals surface area contributed by atoms with Gasteiger partial charge in [-0.1, -0.05) is 0 Å². The lowest BCUT2D eigenvalue weighted by Crippen LogP contribution is -2.40. The first-order valence-corrected chi connectivity index (χ1v) is 4.39. The van der Waals surface area contributed by atoms with Crippen molar-refractivity contribution in [3.05, 3.63) is 20.8 Å². The molecule has 1 N–H and O–H groups in total. The molecule has 1 aromatic rings. The largest absolute Gasteiger partial charge is 0.363 e. The van der Waals surface area contributed by atoms with Crippen LogP contribution < -0.4 is 16.6 Å². The van der Waals surface area contributed by atoms with E-state index in [1.807, 2.05) is 0 Å². The van der Waals surface area contributed by atoms with Gasteiger partial charge in [0.1, 0.15) is 0 Å². The van der Waals surface area contributed by atoms with Crippen molar-refractivity contribution in [2.75, 3.05) is 11.9 Å². The number of aromatic nitrogens is 3. The summed E-state index contributed by atoms with van der Waals surface area (Å²) in [4.78, 5) is 22.8.